The Bertz CT molecular complexity index is 2930. The number of aromatic nitrogens is 10. The maximum atomic E-state index is 11.6. The summed E-state index contributed by atoms with van der Waals surface area (Å²) in [4.78, 5) is 44.9. The van der Waals surface area contributed by atoms with Crippen molar-refractivity contribution >= 4 is 0 Å². The Morgan fingerprint density at radius 1 is 0.263 bits per heavy atom. The molecular weight excluding hydrogens is 1390 g/mol. The molecule has 0 atom stereocenters. The third kappa shape index (κ3) is 18.0. The smallest absolute Gasteiger partial charge is 1.00 e. The van der Waals surface area contributed by atoms with Crippen LogP contribution in [0.4, 0.5) is 0 Å². The van der Waals surface area contributed by atoms with Gasteiger partial charge in [-0.25, -0.2) is 9.97 Å². The molecule has 0 saturated heterocycles. The third-order valence-electron chi connectivity index (χ3n) is 11.8. The van der Waals surface area contributed by atoms with Crippen LogP contribution in [0.2, 0.25) is 0 Å². The number of rotatable bonds is 10. The molecule has 10 aromatic heterocycles. The van der Waals surface area contributed by atoms with Crippen molar-refractivity contribution in [3.8, 4) is 68.3 Å². The van der Waals surface area contributed by atoms with Crippen molar-refractivity contribution in [3.05, 3.63) is 231 Å². The van der Waals surface area contributed by atoms with Gasteiger partial charge in [0.05, 0.1) is 79.5 Å². The summed E-state index contributed by atoms with van der Waals surface area (Å²) in [7, 11) is 0. The van der Waals surface area contributed by atoms with Crippen LogP contribution in [-0.4, -0.2) is 71.3 Å². The summed E-state index contributed by atoms with van der Waals surface area (Å²) in [5.41, 5.74) is 9.52. The molecule has 10 aromatic rings. The van der Waals surface area contributed by atoms with Crippen LogP contribution < -0.4 is 49.6 Å². The zero-order chi connectivity index (χ0) is 47.9. The first-order chi connectivity index (χ1) is 34.4. The van der Waals surface area contributed by atoms with Crippen molar-refractivity contribution in [2.24, 2.45) is 0 Å². The average molecular weight is 1440 g/mol. The van der Waals surface area contributed by atoms with Crippen molar-refractivity contribution < 1.29 is 99.4 Å². The topological polar surface area (TPSA) is 169 Å². The van der Waals surface area contributed by atoms with Gasteiger partial charge in [-0.15, -0.1) is 0 Å². The van der Waals surface area contributed by atoms with E-state index in [0.29, 0.717) is 38.5 Å². The molecule has 0 aliphatic heterocycles. The number of nitrogens with zero attached hydrogens (tertiary/aromatic N) is 10. The van der Waals surface area contributed by atoms with E-state index in [4.69, 9.17) is 19.9 Å². The summed E-state index contributed by atoms with van der Waals surface area (Å²) in [5, 5.41) is 23.2. The minimum atomic E-state index is -0.952. The van der Waals surface area contributed by atoms with Crippen molar-refractivity contribution in [1.29, 1.82) is 0 Å². The van der Waals surface area contributed by atoms with E-state index in [1.807, 2.05) is 182 Å². The van der Waals surface area contributed by atoms with Gasteiger partial charge in [-0.3, -0.25) is 39.9 Å². The quantitative estimate of drug-likeness (QED) is 0.169. The molecule has 18 heteroatoms. The van der Waals surface area contributed by atoms with E-state index in [2.05, 4.69) is 29.9 Å². The monoisotopic (exact) mass is 1440 g/mol. The molecule has 390 valence electrons. The zero-order valence-corrected chi connectivity index (χ0v) is 48.7. The number of hydrogen-bond donors (Lipinski definition) is 2. The summed E-state index contributed by atoms with van der Waals surface area (Å²) in [5.74, 6) is 0. The van der Waals surface area contributed by atoms with E-state index < -0.39 is 11.2 Å². The summed E-state index contributed by atoms with van der Waals surface area (Å²) in [6, 6.07) is 58.0. The Labute approximate surface area is 494 Å². The molecule has 1 aliphatic rings. The molecule has 0 spiro atoms. The van der Waals surface area contributed by atoms with Crippen LogP contribution in [0.25, 0.3) is 68.3 Å². The van der Waals surface area contributed by atoms with Gasteiger partial charge in [0.25, 0.3) is 0 Å². The summed E-state index contributed by atoms with van der Waals surface area (Å²) in [6.07, 6.45) is 13.3. The van der Waals surface area contributed by atoms with Crippen LogP contribution in [0.3, 0.4) is 0 Å². The molecule has 76 heavy (non-hydrogen) atoms. The van der Waals surface area contributed by atoms with E-state index in [9.17, 15) is 10.2 Å². The first-order valence-electron chi connectivity index (χ1n) is 23.2. The van der Waals surface area contributed by atoms with Crippen LogP contribution in [-0.2, 0) is 52.4 Å². The van der Waals surface area contributed by atoms with Crippen LogP contribution in [0.1, 0.15) is 37.1 Å². The van der Waals surface area contributed by atoms with Crippen LogP contribution in [0.5, 0.6) is 0 Å². The van der Waals surface area contributed by atoms with Gasteiger partial charge in [0.2, 0.25) is 0 Å². The van der Waals surface area contributed by atoms with Gasteiger partial charge in [0.15, 0.2) is 0 Å². The van der Waals surface area contributed by atoms with E-state index in [1.165, 1.54) is 0 Å². The van der Waals surface area contributed by atoms with Gasteiger partial charge in [-0.1, -0.05) is 60.7 Å². The molecular formula is C58H50Cl4N10O2Os2-2. The van der Waals surface area contributed by atoms with E-state index >= 15 is 0 Å². The molecule has 0 amide bonds. The first-order valence-corrected chi connectivity index (χ1v) is 23.2. The summed E-state index contributed by atoms with van der Waals surface area (Å²) in [6.45, 7) is 0. The van der Waals surface area contributed by atoms with Crippen molar-refractivity contribution in [3.63, 3.8) is 0 Å². The number of pyridine rings is 10. The van der Waals surface area contributed by atoms with E-state index in [-0.39, 0.29) is 89.2 Å². The Hall–Kier alpha value is -6.15. The SMILES string of the molecule is OC1(Cc2cccc(-c3cccc(-c4ccccn4)n3)n2)CCC(O)(Cc2cccc(-c3cccc(-c4ccccn4)n3)n2)CC1.[Cl-].[Cl-].[Cl-].[Cl-].[Os+].[Os+].c1ccc(-c2ccccn2)nc1.c1ccc(-c2ccccn2)nc1. The molecule has 10 heterocycles. The minimum absolute atomic E-state index is 0. The van der Waals surface area contributed by atoms with Crippen molar-refractivity contribution in [2.75, 3.05) is 0 Å². The van der Waals surface area contributed by atoms with Gasteiger partial charge in [-0.05, 0) is 147 Å². The maximum Gasteiger partial charge on any atom is 1.00 e. The molecule has 0 bridgehead atoms. The fourth-order valence-electron chi connectivity index (χ4n) is 8.18. The van der Waals surface area contributed by atoms with E-state index in [1.54, 1.807) is 37.2 Å². The van der Waals surface area contributed by atoms with Crippen molar-refractivity contribution in [2.45, 2.75) is 49.7 Å². The molecule has 12 nitrogen and oxygen atoms in total. The number of aliphatic hydroxyl groups is 2. The molecule has 2 N–H and O–H groups in total. The molecule has 1 saturated carbocycles. The number of hydrogen-bond acceptors (Lipinski definition) is 12. The van der Waals surface area contributed by atoms with Gasteiger partial charge in [0, 0.05) is 61.4 Å². The van der Waals surface area contributed by atoms with Crippen LogP contribution >= 0.6 is 0 Å². The Kier molecular flexibility index (Phi) is 26.8. The normalized spacial score (nSPS) is 14.9. The average Bonchev–Trinajstić information content (AvgIpc) is 3.44. The molecule has 11 rings (SSSR count). The molecule has 0 unspecified atom stereocenters. The Morgan fingerprint density at radius 2 is 0.461 bits per heavy atom. The summed E-state index contributed by atoms with van der Waals surface area (Å²) < 4.78 is 0. The Balaban J connectivity index is 0.000000417. The first kappa shape index (κ1) is 64.1. The second-order valence-corrected chi connectivity index (χ2v) is 16.9. The molecule has 1 fully saturated rings. The Morgan fingerprint density at radius 3 is 0.697 bits per heavy atom. The fraction of sp³-hybridized carbons (Fsp3) is 0.138. The third-order valence-corrected chi connectivity index (χ3v) is 11.8. The van der Waals surface area contributed by atoms with E-state index in [0.717, 1.165) is 79.7 Å². The number of halogens is 4. The molecule has 0 aromatic carbocycles. The van der Waals surface area contributed by atoms with Gasteiger partial charge >= 0.3 is 39.6 Å². The standard InChI is InChI=1S/C38H34N6O2.2C10H8N2.4ClH.2Os/c45-37(25-27-9-5-13-33(41-27)35-17-7-15-31(43-35)29-11-1-3-23-39-29)19-21-38(46,22-20-37)26-28-10-6-14-34(42-28)36-18-8-16-32(44-36)30-12-2-4-24-40-30;2*1-3-7-11-9(5-1)10-6-2-4-8-12-10;;;;;;/h1-18,23-24,45-46H,19-22,25-26H2;2*1-8H;4*1H;;/q;;;;;;;2*+1/p-4. The van der Waals surface area contributed by atoms with Gasteiger partial charge in [0.1, 0.15) is 0 Å². The van der Waals surface area contributed by atoms with Gasteiger partial charge in [-0.2, -0.15) is 0 Å². The second kappa shape index (κ2) is 31.8. The molecule has 2 radical (unpaired) electrons. The van der Waals surface area contributed by atoms with Crippen LogP contribution in [0.15, 0.2) is 219 Å². The van der Waals surface area contributed by atoms with Crippen molar-refractivity contribution in [1.82, 2.24) is 49.8 Å². The zero-order valence-electron chi connectivity index (χ0n) is 40.6. The maximum absolute atomic E-state index is 11.6. The summed E-state index contributed by atoms with van der Waals surface area (Å²) >= 11 is 0. The van der Waals surface area contributed by atoms with Crippen LogP contribution in [0, 0.1) is 0 Å². The molecule has 1 aliphatic carbocycles. The van der Waals surface area contributed by atoms with Gasteiger partial charge < -0.3 is 59.8 Å². The largest absolute Gasteiger partial charge is 1.00 e. The minimum Gasteiger partial charge on any atom is -1.00 e. The predicted octanol–water partition coefficient (Wildman–Crippen LogP) is -1.16. The fourth-order valence-corrected chi connectivity index (χ4v) is 8.18. The predicted molar refractivity (Wildman–Crippen MR) is 272 cm³/mol. The second-order valence-electron chi connectivity index (χ2n) is 16.9.